The van der Waals surface area contributed by atoms with Crippen LogP contribution in [-0.2, 0) is 16.8 Å². The van der Waals surface area contributed by atoms with E-state index >= 15 is 0 Å². The van der Waals surface area contributed by atoms with Crippen molar-refractivity contribution in [2.24, 2.45) is 0 Å². The van der Waals surface area contributed by atoms with Crippen molar-refractivity contribution in [1.29, 1.82) is 0 Å². The molecule has 1 aliphatic heterocycles. The van der Waals surface area contributed by atoms with Gasteiger partial charge in [-0.3, -0.25) is 10.1 Å². The zero-order valence-electron chi connectivity index (χ0n) is 20.0. The molecule has 4 rings (SSSR count). The van der Waals surface area contributed by atoms with Crippen LogP contribution in [0.2, 0.25) is 0 Å². The molecule has 2 atom stereocenters. The summed E-state index contributed by atoms with van der Waals surface area (Å²) >= 11 is 0. The van der Waals surface area contributed by atoms with Crippen molar-refractivity contribution in [2.45, 2.75) is 42.9 Å². The van der Waals surface area contributed by atoms with Crippen LogP contribution in [0.25, 0.3) is 0 Å². The minimum Gasteiger partial charge on any atom is -0.428 e. The maximum absolute atomic E-state index is 14.8. The van der Waals surface area contributed by atoms with Gasteiger partial charge in [0.15, 0.2) is 0 Å². The van der Waals surface area contributed by atoms with Crippen molar-refractivity contribution in [3.8, 4) is 5.75 Å². The van der Waals surface area contributed by atoms with Gasteiger partial charge in [0.1, 0.15) is 17.4 Å². The Morgan fingerprint density at radius 2 is 1.64 bits per heavy atom. The van der Waals surface area contributed by atoms with E-state index in [0.717, 1.165) is 24.3 Å². The molecule has 0 aromatic heterocycles. The minimum atomic E-state index is -4.97. The summed E-state index contributed by atoms with van der Waals surface area (Å²) in [6, 6.07) is 13.6. The number of amides is 1. The number of alkyl halides is 6. The Kier molecular flexibility index (Phi) is 7.87. The maximum atomic E-state index is 14.8. The fourth-order valence-electron chi connectivity index (χ4n) is 4.46. The van der Waals surface area contributed by atoms with Crippen LogP contribution >= 0.6 is 0 Å². The van der Waals surface area contributed by atoms with Crippen molar-refractivity contribution in [3.63, 3.8) is 0 Å². The van der Waals surface area contributed by atoms with Gasteiger partial charge < -0.3 is 10.1 Å². The third kappa shape index (κ3) is 6.49. The molecule has 1 heterocycles. The lowest BCUT2D eigenvalue weighted by atomic mass is 9.77. The summed E-state index contributed by atoms with van der Waals surface area (Å²) in [6.07, 6.45) is -10.2. The number of nitrogens with one attached hydrogen (secondary N) is 2. The van der Waals surface area contributed by atoms with Crippen LogP contribution in [0.1, 0.15) is 23.1 Å². The van der Waals surface area contributed by atoms with E-state index in [9.17, 15) is 39.9 Å². The van der Waals surface area contributed by atoms with E-state index in [2.05, 4.69) is 15.4 Å². The minimum absolute atomic E-state index is 0.128. The Morgan fingerprint density at radius 1 is 0.974 bits per heavy atom. The highest BCUT2D eigenvalue weighted by molar-refractivity contribution is 5.84. The molecule has 1 aliphatic rings. The highest BCUT2D eigenvalue weighted by atomic mass is 19.3. The van der Waals surface area contributed by atoms with Gasteiger partial charge in [0.25, 0.3) is 5.92 Å². The van der Waals surface area contributed by atoms with Crippen molar-refractivity contribution >= 4 is 5.91 Å². The fourth-order valence-corrected chi connectivity index (χ4v) is 4.46. The smallest absolute Gasteiger partial charge is 0.428 e. The first-order valence-electron chi connectivity index (χ1n) is 11.7. The van der Waals surface area contributed by atoms with E-state index in [1.165, 1.54) is 12.1 Å². The number of halogens is 8. The van der Waals surface area contributed by atoms with Crippen LogP contribution in [0.4, 0.5) is 35.1 Å². The van der Waals surface area contributed by atoms with Gasteiger partial charge in [-0.25, -0.2) is 17.6 Å². The van der Waals surface area contributed by atoms with Crippen LogP contribution in [0.5, 0.6) is 5.75 Å². The predicted octanol–water partition coefficient (Wildman–Crippen LogP) is 5.80. The van der Waals surface area contributed by atoms with E-state index in [-0.39, 0.29) is 17.5 Å². The van der Waals surface area contributed by atoms with Gasteiger partial charge in [-0.15, -0.1) is 0 Å². The molecular formula is C27H22F8N2O2. The summed E-state index contributed by atoms with van der Waals surface area (Å²) in [5.74, 6) is -6.94. The maximum Gasteiger partial charge on any atom is 0.461 e. The first kappa shape index (κ1) is 28.3. The normalized spacial score (nSPS) is 18.5. The molecule has 0 radical (unpaired) electrons. The Hall–Kier alpha value is -3.67. The first-order chi connectivity index (χ1) is 18.3. The number of rotatable bonds is 9. The number of carbonyl (C=O) groups excluding carboxylic acids is 1. The van der Waals surface area contributed by atoms with Crippen molar-refractivity contribution in [2.75, 3.05) is 6.54 Å². The average molecular weight is 558 g/mol. The predicted molar refractivity (Wildman–Crippen MR) is 125 cm³/mol. The lowest BCUT2D eigenvalue weighted by Crippen LogP contribution is -2.53. The van der Waals surface area contributed by atoms with Gasteiger partial charge in [-0.2, -0.15) is 17.6 Å². The largest absolute Gasteiger partial charge is 0.461 e. The van der Waals surface area contributed by atoms with Gasteiger partial charge >= 0.3 is 12.5 Å². The molecule has 3 aromatic rings. The molecule has 0 aliphatic carbocycles. The lowest BCUT2D eigenvalue weighted by molar-refractivity contribution is -0.253. The molecule has 1 unspecified atom stereocenters. The summed E-state index contributed by atoms with van der Waals surface area (Å²) in [7, 11) is 0. The van der Waals surface area contributed by atoms with Crippen molar-refractivity contribution < 1.29 is 44.7 Å². The molecule has 12 heteroatoms. The van der Waals surface area contributed by atoms with Gasteiger partial charge in [-0.05, 0) is 41.0 Å². The van der Waals surface area contributed by atoms with Crippen LogP contribution < -0.4 is 15.4 Å². The SMILES string of the molecule is O=C(N[C@](Cc1ccccc1)(c1ccc(F)cc1)c1cc(F)cc(OC(F)(F)C(F)F)c1)C1CC(F)(F)CN1. The summed E-state index contributed by atoms with van der Waals surface area (Å²) in [5, 5.41) is 5.04. The summed E-state index contributed by atoms with van der Waals surface area (Å²) in [5.41, 5.74) is -1.46. The number of hydrogen-bond donors (Lipinski definition) is 2. The molecule has 3 aromatic carbocycles. The summed E-state index contributed by atoms with van der Waals surface area (Å²) in [6.45, 7) is -0.770. The Morgan fingerprint density at radius 3 is 2.23 bits per heavy atom. The lowest BCUT2D eigenvalue weighted by Gasteiger charge is -2.37. The zero-order valence-corrected chi connectivity index (χ0v) is 20.0. The van der Waals surface area contributed by atoms with E-state index in [1.54, 1.807) is 30.3 Å². The molecule has 2 N–H and O–H groups in total. The average Bonchev–Trinajstić information content (AvgIpc) is 3.23. The highest BCUT2D eigenvalue weighted by Gasteiger charge is 2.47. The van der Waals surface area contributed by atoms with E-state index in [0.29, 0.717) is 11.6 Å². The highest BCUT2D eigenvalue weighted by Crippen LogP contribution is 2.38. The third-order valence-electron chi connectivity index (χ3n) is 6.28. The molecular weight excluding hydrogens is 536 g/mol. The van der Waals surface area contributed by atoms with Crippen molar-refractivity contribution in [3.05, 3.63) is 101 Å². The zero-order chi connectivity index (χ0) is 28.4. The van der Waals surface area contributed by atoms with E-state index in [4.69, 9.17) is 0 Å². The second-order valence-corrected chi connectivity index (χ2v) is 9.20. The summed E-state index contributed by atoms with van der Waals surface area (Å²) in [4.78, 5) is 13.3. The number of hydrogen-bond acceptors (Lipinski definition) is 3. The number of ether oxygens (including phenoxy) is 1. The molecule has 1 amide bonds. The van der Waals surface area contributed by atoms with Crippen molar-refractivity contribution in [1.82, 2.24) is 10.6 Å². The number of carbonyl (C=O) groups is 1. The Labute approximate surface area is 218 Å². The topological polar surface area (TPSA) is 50.4 Å². The number of benzene rings is 3. The molecule has 39 heavy (non-hydrogen) atoms. The molecule has 208 valence electrons. The first-order valence-corrected chi connectivity index (χ1v) is 11.7. The molecule has 0 bridgehead atoms. The van der Waals surface area contributed by atoms with E-state index < -0.39 is 66.3 Å². The van der Waals surface area contributed by atoms with Crippen LogP contribution in [0, 0.1) is 11.6 Å². The molecule has 0 spiro atoms. The second-order valence-electron chi connectivity index (χ2n) is 9.20. The van der Waals surface area contributed by atoms with Crippen LogP contribution in [0.15, 0.2) is 72.8 Å². The van der Waals surface area contributed by atoms with Crippen LogP contribution in [-0.4, -0.2) is 37.0 Å². The molecule has 1 fully saturated rings. The molecule has 1 saturated heterocycles. The molecule has 0 saturated carbocycles. The Bertz CT molecular complexity index is 1300. The fraction of sp³-hybridized carbons (Fsp3) is 0.296. The quantitative estimate of drug-likeness (QED) is 0.327. The van der Waals surface area contributed by atoms with Crippen LogP contribution in [0.3, 0.4) is 0 Å². The van der Waals surface area contributed by atoms with Gasteiger partial charge in [0, 0.05) is 18.9 Å². The standard InChI is InChI=1S/C27H22F8N2O2/c28-19-8-6-17(7-9-19)26(13-16-4-2-1-3-5-16,37-23(38)22-14-25(32,33)15-36-22)18-10-20(29)12-21(11-18)39-27(34,35)24(30)31/h1-12,22,24,36H,13-15H2,(H,37,38)/t22?,26-/m1/s1. The second kappa shape index (κ2) is 10.8. The molecule has 4 nitrogen and oxygen atoms in total. The van der Waals surface area contributed by atoms with E-state index in [1.807, 2.05) is 0 Å². The van der Waals surface area contributed by atoms with Gasteiger partial charge in [-0.1, -0.05) is 42.5 Å². The Balaban J connectivity index is 1.89. The summed E-state index contributed by atoms with van der Waals surface area (Å²) < 4.78 is 114. The monoisotopic (exact) mass is 558 g/mol. The van der Waals surface area contributed by atoms with Gasteiger partial charge in [0.05, 0.1) is 18.1 Å². The third-order valence-corrected chi connectivity index (χ3v) is 6.28. The van der Waals surface area contributed by atoms with Gasteiger partial charge in [0.2, 0.25) is 5.91 Å².